The number of carbonyl (C=O) groups is 2. The van der Waals surface area contributed by atoms with E-state index >= 15 is 0 Å². The van der Waals surface area contributed by atoms with Gasteiger partial charge in [-0.15, -0.1) is 0 Å². The molecule has 0 spiro atoms. The van der Waals surface area contributed by atoms with E-state index < -0.39 is 5.97 Å². The molecule has 114 valence electrons. The molecule has 5 heteroatoms. The van der Waals surface area contributed by atoms with Crippen molar-refractivity contribution in [3.05, 3.63) is 29.3 Å². The largest absolute Gasteiger partial charge is 0.478 e. The van der Waals surface area contributed by atoms with E-state index in [1.807, 2.05) is 11.0 Å². The number of anilines is 1. The van der Waals surface area contributed by atoms with Crippen LogP contribution in [-0.4, -0.2) is 36.6 Å². The summed E-state index contributed by atoms with van der Waals surface area (Å²) in [4.78, 5) is 25.2. The van der Waals surface area contributed by atoms with Gasteiger partial charge in [-0.05, 0) is 36.5 Å². The van der Waals surface area contributed by atoms with Crippen molar-refractivity contribution in [1.29, 1.82) is 0 Å². The van der Waals surface area contributed by atoms with Crippen LogP contribution in [0.5, 0.6) is 0 Å². The monoisotopic (exact) mass is 290 g/mol. The van der Waals surface area contributed by atoms with Crippen molar-refractivity contribution in [2.45, 2.75) is 26.7 Å². The summed E-state index contributed by atoms with van der Waals surface area (Å²) >= 11 is 0. The summed E-state index contributed by atoms with van der Waals surface area (Å²) in [5.41, 5.74) is 2.06. The summed E-state index contributed by atoms with van der Waals surface area (Å²) in [5, 5.41) is 12.2. The number of carboxylic acids is 1. The highest BCUT2D eigenvalue weighted by molar-refractivity contribution is 5.92. The van der Waals surface area contributed by atoms with Crippen molar-refractivity contribution in [2.75, 3.05) is 24.5 Å². The molecule has 1 amide bonds. The lowest BCUT2D eigenvalue weighted by molar-refractivity contribution is -0.119. The first kappa shape index (κ1) is 15.4. The van der Waals surface area contributed by atoms with Gasteiger partial charge in [-0.2, -0.15) is 0 Å². The Kier molecular flexibility index (Phi) is 4.83. The number of carboxylic acid groups (broad SMARTS) is 1. The van der Waals surface area contributed by atoms with E-state index in [1.165, 1.54) is 0 Å². The second-order valence-corrected chi connectivity index (χ2v) is 5.83. The third kappa shape index (κ3) is 3.74. The van der Waals surface area contributed by atoms with Crippen molar-refractivity contribution in [1.82, 2.24) is 5.32 Å². The van der Waals surface area contributed by atoms with E-state index in [9.17, 15) is 14.7 Å². The number of benzene rings is 1. The molecule has 21 heavy (non-hydrogen) atoms. The molecule has 0 aliphatic carbocycles. The third-order valence-electron chi connectivity index (χ3n) is 3.62. The summed E-state index contributed by atoms with van der Waals surface area (Å²) < 4.78 is 0. The van der Waals surface area contributed by atoms with E-state index in [1.54, 1.807) is 12.1 Å². The fraction of sp³-hybridized carbons (Fsp3) is 0.500. The molecule has 1 heterocycles. The van der Waals surface area contributed by atoms with E-state index in [0.29, 0.717) is 18.0 Å². The Balaban J connectivity index is 2.13. The quantitative estimate of drug-likeness (QED) is 0.869. The molecule has 2 N–H and O–H groups in total. The van der Waals surface area contributed by atoms with Gasteiger partial charge in [-0.1, -0.05) is 19.9 Å². The minimum absolute atomic E-state index is 0.0164. The molecule has 0 saturated heterocycles. The van der Waals surface area contributed by atoms with Crippen LogP contribution in [0, 0.1) is 5.92 Å². The average Bonchev–Trinajstić information content (AvgIpc) is 2.44. The molecule has 0 radical (unpaired) electrons. The minimum atomic E-state index is -0.905. The number of nitrogens with zero attached hydrogens (tertiary/aromatic N) is 1. The van der Waals surface area contributed by atoms with Gasteiger partial charge in [-0.25, -0.2) is 4.79 Å². The molecule has 5 nitrogen and oxygen atoms in total. The van der Waals surface area contributed by atoms with Gasteiger partial charge in [0.2, 0.25) is 5.91 Å². The summed E-state index contributed by atoms with van der Waals surface area (Å²) in [6, 6.07) is 5.27. The molecule has 1 aromatic carbocycles. The van der Waals surface area contributed by atoms with Gasteiger partial charge in [0, 0.05) is 18.8 Å². The van der Waals surface area contributed by atoms with Crippen LogP contribution >= 0.6 is 0 Å². The predicted octanol–water partition coefficient (Wildman–Crippen LogP) is 1.91. The Morgan fingerprint density at radius 3 is 2.81 bits per heavy atom. The van der Waals surface area contributed by atoms with Crippen LogP contribution in [0.1, 0.15) is 36.2 Å². The van der Waals surface area contributed by atoms with Crippen LogP contribution in [0.15, 0.2) is 18.2 Å². The zero-order valence-corrected chi connectivity index (χ0v) is 12.6. The van der Waals surface area contributed by atoms with Crippen LogP contribution in [0.3, 0.4) is 0 Å². The first-order valence-electron chi connectivity index (χ1n) is 7.36. The Hall–Kier alpha value is -2.04. The molecule has 2 rings (SSSR count). The van der Waals surface area contributed by atoms with Crippen molar-refractivity contribution in [3.63, 3.8) is 0 Å². The Bertz CT molecular complexity index is 540. The molecule has 0 aromatic heterocycles. The fourth-order valence-electron chi connectivity index (χ4n) is 2.61. The van der Waals surface area contributed by atoms with Gasteiger partial charge in [0.15, 0.2) is 0 Å². The van der Waals surface area contributed by atoms with Gasteiger partial charge in [-0.3, -0.25) is 4.79 Å². The molecule has 1 aliphatic rings. The van der Waals surface area contributed by atoms with Crippen molar-refractivity contribution >= 4 is 17.6 Å². The second-order valence-electron chi connectivity index (χ2n) is 5.83. The maximum Gasteiger partial charge on any atom is 0.336 e. The van der Waals surface area contributed by atoms with Crippen molar-refractivity contribution in [3.8, 4) is 0 Å². The van der Waals surface area contributed by atoms with Crippen LogP contribution in [-0.2, 0) is 11.2 Å². The predicted molar refractivity (Wildman–Crippen MR) is 81.8 cm³/mol. The maximum absolute atomic E-state index is 12.0. The fourth-order valence-corrected chi connectivity index (χ4v) is 2.61. The second kappa shape index (κ2) is 6.61. The molecule has 0 saturated carbocycles. The van der Waals surface area contributed by atoms with Crippen LogP contribution in [0.25, 0.3) is 0 Å². The maximum atomic E-state index is 12.0. The summed E-state index contributed by atoms with van der Waals surface area (Å²) in [6.45, 7) is 5.83. The molecular formula is C16H22N2O3. The Morgan fingerprint density at radius 1 is 1.38 bits per heavy atom. The molecule has 0 fully saturated rings. The normalized spacial score (nSPS) is 14.0. The van der Waals surface area contributed by atoms with E-state index in [0.717, 1.165) is 30.6 Å². The lowest BCUT2D eigenvalue weighted by atomic mass is 9.96. The third-order valence-corrected chi connectivity index (χ3v) is 3.62. The van der Waals surface area contributed by atoms with E-state index in [-0.39, 0.29) is 12.5 Å². The molecule has 1 aromatic rings. The highest BCUT2D eigenvalue weighted by Crippen LogP contribution is 2.29. The minimum Gasteiger partial charge on any atom is -0.478 e. The van der Waals surface area contributed by atoms with Crippen LogP contribution in [0.2, 0.25) is 0 Å². The van der Waals surface area contributed by atoms with Crippen molar-refractivity contribution in [2.24, 2.45) is 5.92 Å². The first-order chi connectivity index (χ1) is 9.99. The highest BCUT2D eigenvalue weighted by atomic mass is 16.4. The molecule has 1 aliphatic heterocycles. The number of fused-ring (bicyclic) bond motifs is 1. The van der Waals surface area contributed by atoms with E-state index in [4.69, 9.17) is 0 Å². The van der Waals surface area contributed by atoms with Gasteiger partial charge in [0.05, 0.1) is 12.1 Å². The Labute approximate surface area is 125 Å². The van der Waals surface area contributed by atoms with Gasteiger partial charge >= 0.3 is 5.97 Å². The number of rotatable bonds is 5. The standard InChI is InChI=1S/C16H22N2O3/c1-11(2)9-17-15(19)10-18-8-4-6-12-13(16(20)21)5-3-7-14(12)18/h3,5,7,11H,4,6,8-10H2,1-2H3,(H,17,19)(H,20,21). The number of carbonyl (C=O) groups excluding carboxylic acids is 1. The van der Waals surface area contributed by atoms with Crippen LogP contribution in [0.4, 0.5) is 5.69 Å². The zero-order chi connectivity index (χ0) is 15.4. The number of nitrogens with one attached hydrogen (secondary N) is 1. The number of aromatic carboxylic acids is 1. The number of hydrogen-bond acceptors (Lipinski definition) is 3. The van der Waals surface area contributed by atoms with Gasteiger partial charge in [0.25, 0.3) is 0 Å². The molecular weight excluding hydrogens is 268 g/mol. The number of hydrogen-bond donors (Lipinski definition) is 2. The molecule has 0 bridgehead atoms. The SMILES string of the molecule is CC(C)CNC(=O)CN1CCCc2c(C(=O)O)cccc21. The molecule has 0 unspecified atom stereocenters. The average molecular weight is 290 g/mol. The van der Waals surface area contributed by atoms with Crippen LogP contribution < -0.4 is 10.2 Å². The summed E-state index contributed by atoms with van der Waals surface area (Å²) in [6.07, 6.45) is 1.62. The lowest BCUT2D eigenvalue weighted by Crippen LogP contribution is -2.41. The van der Waals surface area contributed by atoms with Crippen molar-refractivity contribution < 1.29 is 14.7 Å². The smallest absolute Gasteiger partial charge is 0.336 e. The molecule has 0 atom stereocenters. The highest BCUT2D eigenvalue weighted by Gasteiger charge is 2.23. The van der Waals surface area contributed by atoms with Gasteiger partial charge < -0.3 is 15.3 Å². The topological polar surface area (TPSA) is 69.6 Å². The zero-order valence-electron chi connectivity index (χ0n) is 12.6. The Morgan fingerprint density at radius 2 is 2.14 bits per heavy atom. The summed E-state index contributed by atoms with van der Waals surface area (Å²) in [5.74, 6) is -0.503. The lowest BCUT2D eigenvalue weighted by Gasteiger charge is -2.31. The van der Waals surface area contributed by atoms with Gasteiger partial charge in [0.1, 0.15) is 0 Å². The first-order valence-corrected chi connectivity index (χ1v) is 7.36. The number of amides is 1. The summed E-state index contributed by atoms with van der Waals surface area (Å²) in [7, 11) is 0. The van der Waals surface area contributed by atoms with E-state index in [2.05, 4.69) is 19.2 Å².